The van der Waals surface area contributed by atoms with Crippen LogP contribution in [0.15, 0.2) is 54.6 Å². The Bertz CT molecular complexity index is 1020. The number of amides is 2. The summed E-state index contributed by atoms with van der Waals surface area (Å²) in [5, 5.41) is 1.02. The van der Waals surface area contributed by atoms with Crippen LogP contribution in [0.2, 0.25) is 0 Å². The fraction of sp³-hybridized carbons (Fsp3) is 0.238. The molecule has 4 nitrogen and oxygen atoms in total. The number of benzene rings is 2. The molecule has 3 aromatic rings. The molecule has 2 amide bonds. The standard InChI is InChI=1S/C21H17F3N2O2S/c22-21(23,24)16-7-5-14(6-8-16)19(27)25-9-11-26(12-10-25)20(28)18-13-15-3-1-2-4-17(15)29-18/h1-8,13H,9-12H2. The van der Waals surface area contributed by atoms with Crippen molar-refractivity contribution >= 4 is 33.2 Å². The van der Waals surface area contributed by atoms with Gasteiger partial charge in [-0.3, -0.25) is 9.59 Å². The number of hydrogen-bond donors (Lipinski definition) is 0. The third-order valence-electron chi connectivity index (χ3n) is 4.95. The molecule has 1 fully saturated rings. The van der Waals surface area contributed by atoms with Crippen molar-refractivity contribution in [3.05, 3.63) is 70.6 Å². The van der Waals surface area contributed by atoms with Crippen molar-refractivity contribution in [3.63, 3.8) is 0 Å². The van der Waals surface area contributed by atoms with E-state index in [1.165, 1.54) is 23.5 Å². The molecule has 0 atom stereocenters. The number of halogens is 3. The van der Waals surface area contributed by atoms with Gasteiger partial charge in [-0.2, -0.15) is 13.2 Å². The first-order valence-corrected chi connectivity index (χ1v) is 9.89. The van der Waals surface area contributed by atoms with Gasteiger partial charge in [0.15, 0.2) is 0 Å². The monoisotopic (exact) mass is 418 g/mol. The SMILES string of the molecule is O=C(c1ccc(C(F)(F)F)cc1)N1CCN(C(=O)c2cc3ccccc3s2)CC1. The second-order valence-electron chi connectivity index (χ2n) is 6.81. The van der Waals surface area contributed by atoms with Gasteiger partial charge in [0, 0.05) is 36.4 Å². The van der Waals surface area contributed by atoms with E-state index in [0.717, 1.165) is 22.2 Å². The number of hydrogen-bond acceptors (Lipinski definition) is 3. The number of nitrogens with zero attached hydrogens (tertiary/aromatic N) is 2. The first-order valence-electron chi connectivity index (χ1n) is 9.07. The maximum absolute atomic E-state index is 12.8. The van der Waals surface area contributed by atoms with Crippen LogP contribution in [0.3, 0.4) is 0 Å². The second kappa shape index (κ2) is 7.51. The van der Waals surface area contributed by atoms with Crippen LogP contribution in [0.1, 0.15) is 25.6 Å². The summed E-state index contributed by atoms with van der Waals surface area (Å²) >= 11 is 1.44. The lowest BCUT2D eigenvalue weighted by Crippen LogP contribution is -2.50. The third kappa shape index (κ3) is 3.98. The van der Waals surface area contributed by atoms with E-state index >= 15 is 0 Å². The van der Waals surface area contributed by atoms with E-state index in [1.807, 2.05) is 30.3 Å². The third-order valence-corrected chi connectivity index (χ3v) is 6.05. The molecule has 0 aliphatic carbocycles. The highest BCUT2D eigenvalue weighted by molar-refractivity contribution is 7.20. The first kappa shape index (κ1) is 19.4. The Morgan fingerprint density at radius 2 is 1.41 bits per heavy atom. The average Bonchev–Trinajstić information content (AvgIpc) is 3.16. The summed E-state index contributed by atoms with van der Waals surface area (Å²) in [6, 6.07) is 13.9. The quantitative estimate of drug-likeness (QED) is 0.614. The van der Waals surface area contributed by atoms with Gasteiger partial charge in [0.2, 0.25) is 0 Å². The molecule has 2 heterocycles. The van der Waals surface area contributed by atoms with Crippen LogP contribution in [0.4, 0.5) is 13.2 Å². The van der Waals surface area contributed by atoms with Gasteiger partial charge < -0.3 is 9.80 Å². The lowest BCUT2D eigenvalue weighted by Gasteiger charge is -2.34. The van der Waals surface area contributed by atoms with Crippen LogP contribution >= 0.6 is 11.3 Å². The zero-order valence-corrected chi connectivity index (χ0v) is 16.1. The topological polar surface area (TPSA) is 40.6 Å². The second-order valence-corrected chi connectivity index (χ2v) is 7.89. The number of alkyl halides is 3. The minimum absolute atomic E-state index is 0.0622. The summed E-state index contributed by atoms with van der Waals surface area (Å²) in [4.78, 5) is 29.3. The molecule has 0 saturated carbocycles. The Hall–Kier alpha value is -2.87. The Morgan fingerprint density at radius 1 is 0.828 bits per heavy atom. The molecule has 4 rings (SSSR count). The van der Waals surface area contributed by atoms with Crippen LogP contribution in [0, 0.1) is 0 Å². The van der Waals surface area contributed by atoms with Crippen LogP contribution < -0.4 is 0 Å². The molecule has 29 heavy (non-hydrogen) atoms. The van der Waals surface area contributed by atoms with Gasteiger partial charge >= 0.3 is 6.18 Å². The maximum atomic E-state index is 12.8. The van der Waals surface area contributed by atoms with E-state index in [2.05, 4.69) is 0 Å². The Kier molecular flexibility index (Phi) is 5.04. The van der Waals surface area contributed by atoms with Crippen LogP contribution in [-0.4, -0.2) is 47.8 Å². The van der Waals surface area contributed by atoms with Gasteiger partial charge in [0.1, 0.15) is 0 Å². The van der Waals surface area contributed by atoms with Gasteiger partial charge in [-0.25, -0.2) is 0 Å². The summed E-state index contributed by atoms with van der Waals surface area (Å²) < 4.78 is 39.1. The highest BCUT2D eigenvalue weighted by Gasteiger charge is 2.31. The fourth-order valence-electron chi connectivity index (χ4n) is 3.34. The largest absolute Gasteiger partial charge is 0.416 e. The van der Waals surface area contributed by atoms with Crippen molar-refractivity contribution in [1.82, 2.24) is 9.80 Å². The summed E-state index contributed by atoms with van der Waals surface area (Å²) in [5.74, 6) is -0.388. The number of thiophene rings is 1. The number of carbonyl (C=O) groups excluding carboxylic acids is 2. The minimum Gasteiger partial charge on any atom is -0.335 e. The molecule has 1 aliphatic heterocycles. The Labute approximate surface area is 169 Å². The number of fused-ring (bicyclic) bond motifs is 1. The normalized spacial score (nSPS) is 15.0. The lowest BCUT2D eigenvalue weighted by molar-refractivity contribution is -0.137. The van der Waals surface area contributed by atoms with Gasteiger partial charge in [0.05, 0.1) is 10.4 Å². The molecule has 1 aliphatic rings. The molecule has 2 aromatic carbocycles. The number of carbonyl (C=O) groups is 2. The van der Waals surface area contributed by atoms with E-state index in [0.29, 0.717) is 31.1 Å². The Morgan fingerprint density at radius 3 is 2.00 bits per heavy atom. The van der Waals surface area contributed by atoms with Crippen molar-refractivity contribution in [1.29, 1.82) is 0 Å². The van der Waals surface area contributed by atoms with Crippen molar-refractivity contribution in [2.45, 2.75) is 6.18 Å². The molecule has 150 valence electrons. The zero-order chi connectivity index (χ0) is 20.6. The molecule has 1 saturated heterocycles. The van der Waals surface area contributed by atoms with Crippen molar-refractivity contribution in [3.8, 4) is 0 Å². The van der Waals surface area contributed by atoms with Gasteiger partial charge in [-0.1, -0.05) is 18.2 Å². The van der Waals surface area contributed by atoms with Crippen LogP contribution in [0.5, 0.6) is 0 Å². The predicted octanol–water partition coefficient (Wildman–Crippen LogP) is 4.52. The fourth-order valence-corrected chi connectivity index (χ4v) is 4.37. The highest BCUT2D eigenvalue weighted by atomic mass is 32.1. The smallest absolute Gasteiger partial charge is 0.335 e. The molecular formula is C21H17F3N2O2S. The molecular weight excluding hydrogens is 401 g/mol. The molecule has 0 bridgehead atoms. The predicted molar refractivity (Wildman–Crippen MR) is 105 cm³/mol. The number of piperazine rings is 1. The van der Waals surface area contributed by atoms with Gasteiger partial charge in [0.25, 0.3) is 11.8 Å². The van der Waals surface area contributed by atoms with Crippen molar-refractivity contribution < 1.29 is 22.8 Å². The van der Waals surface area contributed by atoms with E-state index in [4.69, 9.17) is 0 Å². The Balaban J connectivity index is 1.39. The van der Waals surface area contributed by atoms with Crippen LogP contribution in [-0.2, 0) is 6.18 Å². The maximum Gasteiger partial charge on any atom is 0.416 e. The summed E-state index contributed by atoms with van der Waals surface area (Å²) in [6.07, 6.45) is -4.43. The van der Waals surface area contributed by atoms with E-state index in [1.54, 1.807) is 9.80 Å². The summed E-state index contributed by atoms with van der Waals surface area (Å²) in [7, 11) is 0. The van der Waals surface area contributed by atoms with E-state index in [9.17, 15) is 22.8 Å². The van der Waals surface area contributed by atoms with Crippen LogP contribution in [0.25, 0.3) is 10.1 Å². The van der Waals surface area contributed by atoms with Gasteiger partial charge in [-0.15, -0.1) is 11.3 Å². The van der Waals surface area contributed by atoms with Crippen molar-refractivity contribution in [2.24, 2.45) is 0 Å². The van der Waals surface area contributed by atoms with Gasteiger partial charge in [-0.05, 0) is 41.8 Å². The highest BCUT2D eigenvalue weighted by Crippen LogP contribution is 2.29. The number of rotatable bonds is 2. The molecule has 0 N–H and O–H groups in total. The molecule has 1 aromatic heterocycles. The van der Waals surface area contributed by atoms with Crippen molar-refractivity contribution in [2.75, 3.05) is 26.2 Å². The first-order chi connectivity index (χ1) is 13.8. The summed E-state index contributed by atoms with van der Waals surface area (Å²) in [6.45, 7) is 1.46. The molecule has 0 unspecified atom stereocenters. The molecule has 0 spiro atoms. The lowest BCUT2D eigenvalue weighted by atomic mass is 10.1. The van der Waals surface area contributed by atoms with E-state index < -0.39 is 11.7 Å². The molecule has 8 heteroatoms. The minimum atomic E-state index is -4.43. The van der Waals surface area contributed by atoms with E-state index in [-0.39, 0.29) is 17.4 Å². The zero-order valence-electron chi connectivity index (χ0n) is 15.3. The summed E-state index contributed by atoms with van der Waals surface area (Å²) in [5.41, 5.74) is -0.574. The average molecular weight is 418 g/mol. The molecule has 0 radical (unpaired) electrons.